The maximum absolute atomic E-state index is 5.88. The van der Waals surface area contributed by atoms with Crippen LogP contribution in [0.3, 0.4) is 0 Å². The first kappa shape index (κ1) is 17.0. The van der Waals surface area contributed by atoms with E-state index in [2.05, 4.69) is 50.8 Å². The summed E-state index contributed by atoms with van der Waals surface area (Å²) in [4.78, 5) is 2.49. The molecular formula is C18H31NO. The number of hydrogen-bond donors (Lipinski definition) is 0. The van der Waals surface area contributed by atoms with Crippen LogP contribution in [0.5, 0.6) is 5.75 Å². The van der Waals surface area contributed by atoms with E-state index >= 15 is 0 Å². The summed E-state index contributed by atoms with van der Waals surface area (Å²) in [5, 5.41) is 0. The van der Waals surface area contributed by atoms with Gasteiger partial charge in [0.15, 0.2) is 0 Å². The minimum atomic E-state index is 0.843. The summed E-state index contributed by atoms with van der Waals surface area (Å²) in [7, 11) is 0. The summed E-state index contributed by atoms with van der Waals surface area (Å²) in [6, 6.07) is 6.28. The molecule has 0 saturated carbocycles. The molecule has 2 heteroatoms. The molecule has 114 valence electrons. The summed E-state index contributed by atoms with van der Waals surface area (Å²) < 4.78 is 5.88. The van der Waals surface area contributed by atoms with E-state index in [0.29, 0.717) is 0 Å². The fourth-order valence-electron chi connectivity index (χ4n) is 2.39. The van der Waals surface area contributed by atoms with Crippen LogP contribution in [-0.4, -0.2) is 31.1 Å². The molecule has 0 aliphatic carbocycles. The Kier molecular flexibility index (Phi) is 8.36. The molecule has 0 aliphatic heterocycles. The van der Waals surface area contributed by atoms with Gasteiger partial charge in [-0.05, 0) is 63.5 Å². The Balaban J connectivity index is 2.09. The summed E-state index contributed by atoms with van der Waals surface area (Å²) in [6.07, 6.45) is 5.05. The van der Waals surface area contributed by atoms with E-state index in [1.54, 1.807) is 0 Å². The smallest absolute Gasteiger partial charge is 0.122 e. The Bertz CT molecular complexity index is 372. The molecular weight excluding hydrogens is 246 g/mol. The maximum Gasteiger partial charge on any atom is 0.122 e. The molecule has 0 aromatic heterocycles. The van der Waals surface area contributed by atoms with Crippen LogP contribution in [0.15, 0.2) is 18.2 Å². The lowest BCUT2D eigenvalue weighted by atomic mass is 10.1. The van der Waals surface area contributed by atoms with E-state index in [4.69, 9.17) is 4.74 Å². The van der Waals surface area contributed by atoms with Gasteiger partial charge in [0, 0.05) is 0 Å². The molecule has 0 aliphatic rings. The van der Waals surface area contributed by atoms with Crippen molar-refractivity contribution in [3.05, 3.63) is 29.3 Å². The second-order valence-electron chi connectivity index (χ2n) is 5.49. The largest absolute Gasteiger partial charge is 0.493 e. The lowest BCUT2D eigenvalue weighted by molar-refractivity contribution is 0.284. The van der Waals surface area contributed by atoms with Crippen LogP contribution in [-0.2, 0) is 0 Å². The highest BCUT2D eigenvalue weighted by molar-refractivity contribution is 5.38. The van der Waals surface area contributed by atoms with Crippen molar-refractivity contribution < 1.29 is 4.74 Å². The Hall–Kier alpha value is -1.02. The van der Waals surface area contributed by atoms with Gasteiger partial charge >= 0.3 is 0 Å². The topological polar surface area (TPSA) is 12.5 Å². The Morgan fingerprint density at radius 2 is 1.65 bits per heavy atom. The van der Waals surface area contributed by atoms with Crippen LogP contribution in [0.1, 0.15) is 50.7 Å². The molecule has 0 spiro atoms. The number of benzene rings is 1. The SMILES string of the molecule is CCN(CC)CCCCCCOc1cccc(C)c1C. The Morgan fingerprint density at radius 1 is 0.950 bits per heavy atom. The van der Waals surface area contributed by atoms with Crippen molar-refractivity contribution in [2.75, 3.05) is 26.2 Å². The number of hydrogen-bond acceptors (Lipinski definition) is 2. The third-order valence-corrected chi connectivity index (χ3v) is 4.08. The van der Waals surface area contributed by atoms with Crippen LogP contribution >= 0.6 is 0 Å². The van der Waals surface area contributed by atoms with Crippen molar-refractivity contribution in [3.8, 4) is 5.75 Å². The molecule has 0 fully saturated rings. The average molecular weight is 277 g/mol. The van der Waals surface area contributed by atoms with Gasteiger partial charge in [0.05, 0.1) is 6.61 Å². The normalized spacial score (nSPS) is 11.1. The number of aryl methyl sites for hydroxylation is 1. The summed E-state index contributed by atoms with van der Waals surface area (Å²) in [6.45, 7) is 13.2. The van der Waals surface area contributed by atoms with E-state index in [9.17, 15) is 0 Å². The zero-order chi connectivity index (χ0) is 14.8. The van der Waals surface area contributed by atoms with Crippen molar-refractivity contribution in [2.45, 2.75) is 53.4 Å². The molecule has 0 unspecified atom stereocenters. The molecule has 1 rings (SSSR count). The molecule has 0 atom stereocenters. The quantitative estimate of drug-likeness (QED) is 0.580. The van der Waals surface area contributed by atoms with Gasteiger partial charge < -0.3 is 9.64 Å². The highest BCUT2D eigenvalue weighted by atomic mass is 16.5. The molecule has 1 aromatic rings. The zero-order valence-corrected chi connectivity index (χ0v) is 13.7. The van der Waals surface area contributed by atoms with Gasteiger partial charge in [0.25, 0.3) is 0 Å². The van der Waals surface area contributed by atoms with Gasteiger partial charge in [-0.3, -0.25) is 0 Å². The molecule has 20 heavy (non-hydrogen) atoms. The number of ether oxygens (including phenoxy) is 1. The van der Waals surface area contributed by atoms with E-state index < -0.39 is 0 Å². The van der Waals surface area contributed by atoms with Crippen molar-refractivity contribution in [1.82, 2.24) is 4.90 Å². The number of rotatable bonds is 10. The lowest BCUT2D eigenvalue weighted by Gasteiger charge is -2.17. The van der Waals surface area contributed by atoms with Gasteiger partial charge in [-0.1, -0.05) is 38.8 Å². The first-order chi connectivity index (χ1) is 9.69. The molecule has 0 heterocycles. The van der Waals surface area contributed by atoms with Crippen LogP contribution in [0, 0.1) is 13.8 Å². The van der Waals surface area contributed by atoms with E-state index in [1.807, 2.05) is 0 Å². The van der Waals surface area contributed by atoms with Crippen LogP contribution in [0.4, 0.5) is 0 Å². The lowest BCUT2D eigenvalue weighted by Crippen LogP contribution is -2.23. The minimum Gasteiger partial charge on any atom is -0.493 e. The predicted molar refractivity (Wildman–Crippen MR) is 87.7 cm³/mol. The molecule has 0 radical (unpaired) electrons. The first-order valence-corrected chi connectivity index (χ1v) is 8.10. The van der Waals surface area contributed by atoms with Gasteiger partial charge in [0.2, 0.25) is 0 Å². The molecule has 2 nitrogen and oxygen atoms in total. The van der Waals surface area contributed by atoms with Crippen molar-refractivity contribution >= 4 is 0 Å². The predicted octanol–water partition coefficient (Wildman–Crippen LogP) is 4.58. The van der Waals surface area contributed by atoms with Crippen LogP contribution < -0.4 is 4.74 Å². The van der Waals surface area contributed by atoms with Crippen molar-refractivity contribution in [3.63, 3.8) is 0 Å². The van der Waals surface area contributed by atoms with Gasteiger partial charge in [-0.2, -0.15) is 0 Å². The molecule has 0 bridgehead atoms. The van der Waals surface area contributed by atoms with E-state index in [-0.39, 0.29) is 0 Å². The Labute approximate surface area is 125 Å². The molecule has 0 saturated heterocycles. The highest BCUT2D eigenvalue weighted by Gasteiger charge is 2.01. The number of unbranched alkanes of at least 4 members (excludes halogenated alkanes) is 3. The fourth-order valence-corrected chi connectivity index (χ4v) is 2.39. The summed E-state index contributed by atoms with van der Waals surface area (Å²) in [5.41, 5.74) is 2.58. The van der Waals surface area contributed by atoms with Gasteiger partial charge in [-0.25, -0.2) is 0 Å². The Morgan fingerprint density at radius 3 is 2.35 bits per heavy atom. The molecule has 0 N–H and O–H groups in total. The van der Waals surface area contributed by atoms with Crippen molar-refractivity contribution in [2.24, 2.45) is 0 Å². The van der Waals surface area contributed by atoms with E-state index in [0.717, 1.165) is 18.8 Å². The van der Waals surface area contributed by atoms with Crippen LogP contribution in [0.25, 0.3) is 0 Å². The second kappa shape index (κ2) is 9.82. The van der Waals surface area contributed by atoms with Crippen LogP contribution in [0.2, 0.25) is 0 Å². The summed E-state index contributed by atoms with van der Waals surface area (Å²) in [5.74, 6) is 1.05. The zero-order valence-electron chi connectivity index (χ0n) is 13.7. The first-order valence-electron chi connectivity index (χ1n) is 8.10. The molecule has 1 aromatic carbocycles. The maximum atomic E-state index is 5.88. The third kappa shape index (κ3) is 5.96. The second-order valence-corrected chi connectivity index (χ2v) is 5.49. The highest BCUT2D eigenvalue weighted by Crippen LogP contribution is 2.20. The van der Waals surface area contributed by atoms with E-state index in [1.165, 1.54) is 50.0 Å². The third-order valence-electron chi connectivity index (χ3n) is 4.08. The monoisotopic (exact) mass is 277 g/mol. The van der Waals surface area contributed by atoms with Gasteiger partial charge in [0.1, 0.15) is 5.75 Å². The minimum absolute atomic E-state index is 0.843. The molecule has 0 amide bonds. The number of nitrogens with zero attached hydrogens (tertiary/aromatic N) is 1. The fraction of sp³-hybridized carbons (Fsp3) is 0.667. The standard InChI is InChI=1S/C18H31NO/c1-5-19(6-2)14-9-7-8-10-15-20-18-13-11-12-16(3)17(18)4/h11-13H,5-10,14-15H2,1-4H3. The summed E-state index contributed by atoms with van der Waals surface area (Å²) >= 11 is 0. The van der Waals surface area contributed by atoms with Crippen molar-refractivity contribution in [1.29, 1.82) is 0 Å². The van der Waals surface area contributed by atoms with Gasteiger partial charge in [-0.15, -0.1) is 0 Å². The average Bonchev–Trinajstić information content (AvgIpc) is 2.46.